The van der Waals surface area contributed by atoms with E-state index in [0.29, 0.717) is 18.8 Å². The molecule has 3 nitrogen and oxygen atoms in total. The summed E-state index contributed by atoms with van der Waals surface area (Å²) in [6, 6.07) is 15.4. The number of ketones is 1. The maximum Gasteiger partial charge on any atom is 0.159 e. The van der Waals surface area contributed by atoms with Gasteiger partial charge in [-0.1, -0.05) is 30.3 Å². The van der Waals surface area contributed by atoms with Crippen LogP contribution in [0.25, 0.3) is 0 Å². The molecule has 0 radical (unpaired) electrons. The molecule has 0 aliphatic carbocycles. The first kappa shape index (κ1) is 14.3. The van der Waals surface area contributed by atoms with Crippen molar-refractivity contribution in [3.05, 3.63) is 65.2 Å². The lowest BCUT2D eigenvalue weighted by atomic mass is 10.1. The van der Waals surface area contributed by atoms with Crippen LogP contribution in [0, 0.1) is 0 Å². The Morgan fingerprint density at radius 1 is 1.05 bits per heavy atom. The molecule has 0 fully saturated rings. The first-order chi connectivity index (χ1) is 9.70. The minimum atomic E-state index is 0.0389. The van der Waals surface area contributed by atoms with Crippen molar-refractivity contribution in [3.63, 3.8) is 0 Å². The Balaban J connectivity index is 2.04. The zero-order chi connectivity index (χ0) is 14.4. The summed E-state index contributed by atoms with van der Waals surface area (Å²) in [5, 5.41) is 0. The molecule has 2 rings (SSSR count). The largest absolute Gasteiger partial charge is 0.496 e. The van der Waals surface area contributed by atoms with Gasteiger partial charge >= 0.3 is 0 Å². The van der Waals surface area contributed by atoms with Crippen LogP contribution < -0.4 is 4.74 Å². The number of carbonyl (C=O) groups is 1. The maximum atomic E-state index is 11.4. The number of methoxy groups -OCH3 is 1. The van der Waals surface area contributed by atoms with Gasteiger partial charge < -0.3 is 9.47 Å². The highest BCUT2D eigenvalue weighted by Crippen LogP contribution is 2.21. The van der Waals surface area contributed by atoms with E-state index in [2.05, 4.69) is 0 Å². The Hall–Kier alpha value is -2.13. The van der Waals surface area contributed by atoms with Gasteiger partial charge in [0, 0.05) is 11.1 Å². The molecule has 0 spiro atoms. The van der Waals surface area contributed by atoms with Crippen LogP contribution in [-0.4, -0.2) is 12.9 Å². The SMILES string of the molecule is COc1ccc(C(C)=O)cc1COCc1ccccc1. The predicted molar refractivity (Wildman–Crippen MR) is 77.9 cm³/mol. The number of hydrogen-bond acceptors (Lipinski definition) is 3. The Labute approximate surface area is 119 Å². The summed E-state index contributed by atoms with van der Waals surface area (Å²) in [6.07, 6.45) is 0. The molecule has 0 bridgehead atoms. The highest BCUT2D eigenvalue weighted by Gasteiger charge is 2.07. The third kappa shape index (κ3) is 3.68. The van der Waals surface area contributed by atoms with Gasteiger partial charge in [-0.2, -0.15) is 0 Å². The van der Waals surface area contributed by atoms with Gasteiger partial charge in [-0.25, -0.2) is 0 Å². The number of benzene rings is 2. The van der Waals surface area contributed by atoms with Crippen LogP contribution in [0.5, 0.6) is 5.75 Å². The molecule has 0 N–H and O–H groups in total. The van der Waals surface area contributed by atoms with Crippen LogP contribution >= 0.6 is 0 Å². The highest BCUT2D eigenvalue weighted by atomic mass is 16.5. The normalized spacial score (nSPS) is 10.3. The van der Waals surface area contributed by atoms with E-state index in [-0.39, 0.29) is 5.78 Å². The summed E-state index contributed by atoms with van der Waals surface area (Å²) in [6.45, 7) is 2.50. The van der Waals surface area contributed by atoms with E-state index >= 15 is 0 Å². The van der Waals surface area contributed by atoms with Crippen molar-refractivity contribution in [2.24, 2.45) is 0 Å². The summed E-state index contributed by atoms with van der Waals surface area (Å²) in [7, 11) is 1.61. The average molecular weight is 270 g/mol. The van der Waals surface area contributed by atoms with Crippen molar-refractivity contribution >= 4 is 5.78 Å². The first-order valence-corrected chi connectivity index (χ1v) is 6.50. The van der Waals surface area contributed by atoms with E-state index in [1.165, 1.54) is 0 Å². The van der Waals surface area contributed by atoms with Crippen molar-refractivity contribution in [2.45, 2.75) is 20.1 Å². The monoisotopic (exact) mass is 270 g/mol. The third-order valence-electron chi connectivity index (χ3n) is 3.06. The van der Waals surface area contributed by atoms with Crippen LogP contribution in [0.4, 0.5) is 0 Å². The van der Waals surface area contributed by atoms with Crippen molar-refractivity contribution in [3.8, 4) is 5.75 Å². The number of rotatable bonds is 6. The topological polar surface area (TPSA) is 35.5 Å². The summed E-state index contributed by atoms with van der Waals surface area (Å²) in [5.41, 5.74) is 2.68. The van der Waals surface area contributed by atoms with Gasteiger partial charge in [-0.05, 0) is 30.7 Å². The van der Waals surface area contributed by atoms with Gasteiger partial charge in [0.1, 0.15) is 5.75 Å². The van der Waals surface area contributed by atoms with Crippen LogP contribution in [0.2, 0.25) is 0 Å². The summed E-state index contributed by atoms with van der Waals surface area (Å²) in [5.74, 6) is 0.778. The summed E-state index contributed by atoms with van der Waals surface area (Å²) < 4.78 is 11.0. The van der Waals surface area contributed by atoms with Gasteiger partial charge in [-0.15, -0.1) is 0 Å². The molecule has 0 amide bonds. The number of carbonyl (C=O) groups excluding carboxylic acids is 1. The smallest absolute Gasteiger partial charge is 0.159 e. The van der Waals surface area contributed by atoms with Crippen LogP contribution in [-0.2, 0) is 18.0 Å². The predicted octanol–water partition coefficient (Wildman–Crippen LogP) is 3.61. The zero-order valence-electron chi connectivity index (χ0n) is 11.8. The lowest BCUT2D eigenvalue weighted by Gasteiger charge is -2.10. The second-order valence-electron chi connectivity index (χ2n) is 4.56. The molecule has 3 heteroatoms. The molecule has 0 heterocycles. The highest BCUT2D eigenvalue weighted by molar-refractivity contribution is 5.94. The Kier molecular flexibility index (Phi) is 4.91. The summed E-state index contributed by atoms with van der Waals surface area (Å²) >= 11 is 0. The fraction of sp³-hybridized carbons (Fsp3) is 0.235. The minimum absolute atomic E-state index is 0.0389. The molecule has 0 atom stereocenters. The fourth-order valence-electron chi connectivity index (χ4n) is 1.96. The van der Waals surface area contributed by atoms with E-state index < -0.39 is 0 Å². The molecule has 2 aromatic rings. The molecule has 2 aromatic carbocycles. The molecular formula is C17H18O3. The Morgan fingerprint density at radius 2 is 1.80 bits per heavy atom. The van der Waals surface area contributed by atoms with Gasteiger partial charge in [-0.3, -0.25) is 4.79 Å². The van der Waals surface area contributed by atoms with Gasteiger partial charge in [0.05, 0.1) is 20.3 Å². The molecule has 20 heavy (non-hydrogen) atoms. The molecule has 0 unspecified atom stereocenters. The number of Topliss-reactive ketones (excluding diaryl/α,β-unsaturated/α-hetero) is 1. The van der Waals surface area contributed by atoms with E-state index in [9.17, 15) is 4.79 Å². The van der Waals surface area contributed by atoms with Crippen molar-refractivity contribution < 1.29 is 14.3 Å². The lowest BCUT2D eigenvalue weighted by molar-refractivity contribution is 0.101. The van der Waals surface area contributed by atoms with E-state index in [1.807, 2.05) is 36.4 Å². The van der Waals surface area contributed by atoms with Crippen molar-refractivity contribution in [1.29, 1.82) is 0 Å². The lowest BCUT2D eigenvalue weighted by Crippen LogP contribution is -2.00. The molecule has 0 saturated carbocycles. The fourth-order valence-corrected chi connectivity index (χ4v) is 1.96. The second kappa shape index (κ2) is 6.87. The van der Waals surface area contributed by atoms with Gasteiger partial charge in [0.2, 0.25) is 0 Å². The molecule has 0 saturated heterocycles. The first-order valence-electron chi connectivity index (χ1n) is 6.50. The van der Waals surface area contributed by atoms with E-state index in [1.54, 1.807) is 26.2 Å². The van der Waals surface area contributed by atoms with Gasteiger partial charge in [0.25, 0.3) is 0 Å². The van der Waals surface area contributed by atoms with Crippen LogP contribution in [0.15, 0.2) is 48.5 Å². The quantitative estimate of drug-likeness (QED) is 0.752. The Morgan fingerprint density at radius 3 is 2.45 bits per heavy atom. The minimum Gasteiger partial charge on any atom is -0.496 e. The summed E-state index contributed by atoms with van der Waals surface area (Å²) in [4.78, 5) is 11.4. The number of ether oxygens (including phenoxy) is 2. The molecule has 104 valence electrons. The standard InChI is InChI=1S/C17H18O3/c1-13(18)15-8-9-17(19-2)16(10-15)12-20-11-14-6-4-3-5-7-14/h3-10H,11-12H2,1-2H3. The molecular weight excluding hydrogens is 252 g/mol. The van der Waals surface area contributed by atoms with Crippen molar-refractivity contribution in [2.75, 3.05) is 7.11 Å². The second-order valence-corrected chi connectivity index (χ2v) is 4.56. The third-order valence-corrected chi connectivity index (χ3v) is 3.06. The average Bonchev–Trinajstić information content (AvgIpc) is 2.48. The molecule has 0 aliphatic rings. The molecule has 0 aliphatic heterocycles. The van der Waals surface area contributed by atoms with E-state index in [4.69, 9.17) is 9.47 Å². The van der Waals surface area contributed by atoms with Crippen LogP contribution in [0.3, 0.4) is 0 Å². The number of hydrogen-bond donors (Lipinski definition) is 0. The van der Waals surface area contributed by atoms with Gasteiger partial charge in [0.15, 0.2) is 5.78 Å². The van der Waals surface area contributed by atoms with Crippen LogP contribution in [0.1, 0.15) is 28.4 Å². The van der Waals surface area contributed by atoms with Crippen molar-refractivity contribution in [1.82, 2.24) is 0 Å². The maximum absolute atomic E-state index is 11.4. The zero-order valence-corrected chi connectivity index (χ0v) is 11.8. The van der Waals surface area contributed by atoms with E-state index in [0.717, 1.165) is 16.9 Å². The Bertz CT molecular complexity index is 576. The molecule has 0 aromatic heterocycles.